The van der Waals surface area contributed by atoms with E-state index in [1.165, 1.54) is 5.56 Å². The zero-order valence-electron chi connectivity index (χ0n) is 13.8. The van der Waals surface area contributed by atoms with E-state index in [9.17, 15) is 4.79 Å². The fraction of sp³-hybridized carbons (Fsp3) is 0.750. The molecule has 1 unspecified atom stereocenters. The van der Waals surface area contributed by atoms with Gasteiger partial charge in [0.2, 0.25) is 5.91 Å². The van der Waals surface area contributed by atoms with Crippen molar-refractivity contribution in [2.24, 2.45) is 7.05 Å². The molecule has 1 amide bonds. The van der Waals surface area contributed by atoms with E-state index in [-0.39, 0.29) is 17.4 Å². The van der Waals surface area contributed by atoms with E-state index in [4.69, 9.17) is 4.74 Å². The predicted octanol–water partition coefficient (Wildman–Crippen LogP) is 0.847. The first-order valence-electron chi connectivity index (χ1n) is 8.03. The molecule has 1 aromatic heterocycles. The summed E-state index contributed by atoms with van der Waals surface area (Å²) in [5.41, 5.74) is 1.13. The molecule has 1 aromatic rings. The molecule has 2 aliphatic rings. The Balaban J connectivity index is 1.93. The lowest BCUT2D eigenvalue weighted by molar-refractivity contribution is -0.133. The van der Waals surface area contributed by atoms with Crippen LogP contribution in [0.5, 0.6) is 0 Å². The van der Waals surface area contributed by atoms with E-state index in [1.54, 1.807) is 7.11 Å². The minimum atomic E-state index is -0.0643. The van der Waals surface area contributed by atoms with Crippen LogP contribution in [0, 0.1) is 0 Å². The summed E-state index contributed by atoms with van der Waals surface area (Å²) in [4.78, 5) is 17.1. The molecule has 6 nitrogen and oxygen atoms in total. The Hall–Kier alpha value is -1.40. The number of hydrogen-bond donors (Lipinski definition) is 0. The van der Waals surface area contributed by atoms with Crippen molar-refractivity contribution < 1.29 is 9.53 Å². The lowest BCUT2D eigenvalue weighted by Crippen LogP contribution is -2.55. The van der Waals surface area contributed by atoms with Gasteiger partial charge in [-0.1, -0.05) is 0 Å². The van der Waals surface area contributed by atoms with Crippen molar-refractivity contribution in [3.8, 4) is 0 Å². The van der Waals surface area contributed by atoms with Gasteiger partial charge in [0.1, 0.15) is 0 Å². The van der Waals surface area contributed by atoms with Gasteiger partial charge in [0.05, 0.1) is 18.3 Å². The van der Waals surface area contributed by atoms with E-state index >= 15 is 0 Å². The number of nitrogens with zero attached hydrogens (tertiary/aromatic N) is 4. The lowest BCUT2D eigenvalue weighted by atomic mass is 9.74. The summed E-state index contributed by atoms with van der Waals surface area (Å²) in [7, 11) is 5.78. The average Bonchev–Trinajstić information content (AvgIpc) is 3.03. The van der Waals surface area contributed by atoms with Crippen molar-refractivity contribution in [3.05, 3.63) is 18.0 Å². The van der Waals surface area contributed by atoms with Gasteiger partial charge in [0.15, 0.2) is 0 Å². The summed E-state index contributed by atoms with van der Waals surface area (Å²) in [6.07, 6.45) is 6.64. The molecule has 3 rings (SSSR count). The molecule has 3 heterocycles. The van der Waals surface area contributed by atoms with Crippen molar-refractivity contribution in [1.82, 2.24) is 19.6 Å². The molecule has 0 saturated carbocycles. The quantitative estimate of drug-likeness (QED) is 0.827. The number of hydrogen-bond acceptors (Lipinski definition) is 4. The Morgan fingerprint density at radius 2 is 2.09 bits per heavy atom. The molecule has 122 valence electrons. The van der Waals surface area contributed by atoms with Crippen LogP contribution in [0.2, 0.25) is 0 Å². The van der Waals surface area contributed by atoms with Gasteiger partial charge in [-0.05, 0) is 25.5 Å². The maximum Gasteiger partial charge on any atom is 0.223 e. The highest BCUT2D eigenvalue weighted by Crippen LogP contribution is 2.48. The third kappa shape index (κ3) is 2.54. The first-order valence-corrected chi connectivity index (χ1v) is 8.03. The summed E-state index contributed by atoms with van der Waals surface area (Å²) in [5.74, 6) is 0.509. The van der Waals surface area contributed by atoms with E-state index in [0.29, 0.717) is 19.6 Å². The van der Waals surface area contributed by atoms with Crippen molar-refractivity contribution >= 4 is 5.91 Å². The number of likely N-dealkylation sites (tertiary alicyclic amines) is 2. The van der Waals surface area contributed by atoms with Gasteiger partial charge in [-0.3, -0.25) is 9.48 Å². The first kappa shape index (κ1) is 15.5. The van der Waals surface area contributed by atoms with Gasteiger partial charge in [0.25, 0.3) is 0 Å². The van der Waals surface area contributed by atoms with Crippen LogP contribution in [-0.2, 0) is 16.6 Å². The minimum absolute atomic E-state index is 0.0643. The van der Waals surface area contributed by atoms with Crippen molar-refractivity contribution in [1.29, 1.82) is 0 Å². The molecule has 0 N–H and O–H groups in total. The summed E-state index contributed by atoms with van der Waals surface area (Å²) >= 11 is 0. The van der Waals surface area contributed by atoms with Crippen molar-refractivity contribution in [2.45, 2.75) is 30.7 Å². The van der Waals surface area contributed by atoms with Gasteiger partial charge >= 0.3 is 0 Å². The Bertz CT molecular complexity index is 534. The Labute approximate surface area is 132 Å². The van der Waals surface area contributed by atoms with Crippen LogP contribution in [0.3, 0.4) is 0 Å². The SMILES string of the molecule is COCCN1C(=O)CC(c2cnn(C)c2)C12CCN(C)CC2. The molecule has 1 spiro atoms. The second kappa shape index (κ2) is 6.01. The van der Waals surface area contributed by atoms with Crippen LogP contribution >= 0.6 is 0 Å². The molecule has 22 heavy (non-hydrogen) atoms. The number of piperidine rings is 1. The fourth-order valence-corrected chi connectivity index (χ4v) is 4.11. The number of aromatic nitrogens is 2. The number of carbonyl (C=O) groups is 1. The van der Waals surface area contributed by atoms with Gasteiger partial charge < -0.3 is 14.5 Å². The topological polar surface area (TPSA) is 50.6 Å². The molecule has 2 saturated heterocycles. The second-order valence-electron chi connectivity index (χ2n) is 6.65. The molecular formula is C16H26N4O2. The van der Waals surface area contributed by atoms with E-state index < -0.39 is 0 Å². The number of carbonyl (C=O) groups excluding carboxylic acids is 1. The minimum Gasteiger partial charge on any atom is -0.383 e. The van der Waals surface area contributed by atoms with Crippen LogP contribution in [0.1, 0.15) is 30.7 Å². The molecule has 0 aromatic carbocycles. The maximum atomic E-state index is 12.7. The Morgan fingerprint density at radius 1 is 1.36 bits per heavy atom. The predicted molar refractivity (Wildman–Crippen MR) is 83.6 cm³/mol. The highest BCUT2D eigenvalue weighted by molar-refractivity contribution is 5.81. The summed E-state index contributed by atoms with van der Waals surface area (Å²) < 4.78 is 7.07. The van der Waals surface area contributed by atoms with Crippen molar-refractivity contribution in [2.75, 3.05) is 40.4 Å². The Morgan fingerprint density at radius 3 is 2.68 bits per heavy atom. The zero-order valence-corrected chi connectivity index (χ0v) is 13.8. The lowest BCUT2D eigenvalue weighted by Gasteiger charge is -2.47. The number of amides is 1. The number of aryl methyl sites for hydroxylation is 1. The highest BCUT2D eigenvalue weighted by atomic mass is 16.5. The van der Waals surface area contributed by atoms with E-state index in [0.717, 1.165) is 25.9 Å². The number of rotatable bonds is 4. The number of ether oxygens (including phenoxy) is 1. The summed E-state index contributed by atoms with van der Waals surface area (Å²) in [6.45, 7) is 3.36. The molecule has 6 heteroatoms. The number of methoxy groups -OCH3 is 1. The van der Waals surface area contributed by atoms with Crippen LogP contribution in [0.25, 0.3) is 0 Å². The van der Waals surface area contributed by atoms with Gasteiger partial charge in [-0.2, -0.15) is 5.10 Å². The molecule has 1 atom stereocenters. The zero-order chi connectivity index (χ0) is 15.7. The fourth-order valence-electron chi connectivity index (χ4n) is 4.11. The smallest absolute Gasteiger partial charge is 0.223 e. The molecule has 2 fully saturated rings. The third-order valence-corrected chi connectivity index (χ3v) is 5.37. The standard InChI is InChI=1S/C16H26N4O2/c1-18-6-4-16(5-7-18)14(13-11-17-19(2)12-13)10-15(21)20(16)8-9-22-3/h11-12,14H,4-10H2,1-3H3. The van der Waals surface area contributed by atoms with Crippen molar-refractivity contribution in [3.63, 3.8) is 0 Å². The maximum absolute atomic E-state index is 12.7. The Kier molecular flexibility index (Phi) is 4.23. The monoisotopic (exact) mass is 306 g/mol. The van der Waals surface area contributed by atoms with Crippen LogP contribution in [0.15, 0.2) is 12.4 Å². The third-order valence-electron chi connectivity index (χ3n) is 5.37. The van der Waals surface area contributed by atoms with E-state index in [1.807, 2.05) is 17.9 Å². The normalized spacial score (nSPS) is 25.3. The van der Waals surface area contributed by atoms with Crippen LogP contribution in [-0.4, -0.2) is 71.4 Å². The van der Waals surface area contributed by atoms with Crippen LogP contribution < -0.4 is 0 Å². The largest absolute Gasteiger partial charge is 0.383 e. The molecule has 2 aliphatic heterocycles. The van der Waals surface area contributed by atoms with Gasteiger partial charge in [-0.15, -0.1) is 0 Å². The summed E-state index contributed by atoms with van der Waals surface area (Å²) in [6, 6.07) is 0. The van der Waals surface area contributed by atoms with Crippen LogP contribution in [0.4, 0.5) is 0 Å². The highest BCUT2D eigenvalue weighted by Gasteiger charge is 2.53. The molecule has 0 bridgehead atoms. The average molecular weight is 306 g/mol. The van der Waals surface area contributed by atoms with Gasteiger partial charge in [-0.25, -0.2) is 0 Å². The molecular weight excluding hydrogens is 280 g/mol. The second-order valence-corrected chi connectivity index (χ2v) is 6.65. The molecule has 0 radical (unpaired) electrons. The van der Waals surface area contributed by atoms with E-state index in [2.05, 4.69) is 28.1 Å². The van der Waals surface area contributed by atoms with Gasteiger partial charge in [0, 0.05) is 52.3 Å². The summed E-state index contributed by atoms with van der Waals surface area (Å²) in [5, 5.41) is 4.32. The molecule has 0 aliphatic carbocycles. The first-order chi connectivity index (χ1) is 10.6.